The van der Waals surface area contributed by atoms with Crippen molar-refractivity contribution in [3.05, 3.63) is 0 Å². The van der Waals surface area contributed by atoms with Crippen LogP contribution in [0.15, 0.2) is 0 Å². The van der Waals surface area contributed by atoms with E-state index < -0.39 is 10.1 Å². The molecule has 74 valence electrons. The van der Waals surface area contributed by atoms with Crippen LogP contribution in [-0.2, 0) is 27.5 Å². The van der Waals surface area contributed by atoms with Crippen LogP contribution in [0.5, 0.6) is 0 Å². The fourth-order valence-corrected chi connectivity index (χ4v) is 0.774. The summed E-state index contributed by atoms with van der Waals surface area (Å²) in [5, 5.41) is -0.162. The van der Waals surface area contributed by atoms with Crippen molar-refractivity contribution in [2.45, 2.75) is 26.7 Å². The molecule has 0 radical (unpaired) electrons. The Kier molecular flexibility index (Phi) is 16.2. The first-order valence-corrected chi connectivity index (χ1v) is 5.50. The molecule has 0 spiro atoms. The summed E-state index contributed by atoms with van der Waals surface area (Å²) in [6.45, 7) is 3.43. The van der Waals surface area contributed by atoms with E-state index in [-0.39, 0.29) is 40.4 Å². The largest absolute Gasteiger partial charge is 1.00 e. The van der Waals surface area contributed by atoms with Gasteiger partial charge in [-0.15, -0.1) is 0 Å². The maximum absolute atomic E-state index is 9.79. The minimum Gasteiger partial charge on any atom is -0.742 e. The Hall–Kier alpha value is 0.800. The van der Waals surface area contributed by atoms with Gasteiger partial charge in [-0.25, -0.2) is 0 Å². The van der Waals surface area contributed by atoms with Crippen LogP contribution in [0.1, 0.15) is 26.7 Å². The van der Waals surface area contributed by atoms with E-state index in [1.807, 2.05) is 0 Å². The number of carbonyl (C=O) groups excluding carboxylic acids is 1. The molecule has 1 N–H and O–H groups in total. The SMILES string of the molecule is CCC(=O)[S-].CCCS(=O)(=O)O.[Na+]. The van der Waals surface area contributed by atoms with Gasteiger partial charge in [0.15, 0.2) is 0 Å². The van der Waals surface area contributed by atoms with Gasteiger partial charge in [-0.3, -0.25) is 4.55 Å². The summed E-state index contributed by atoms with van der Waals surface area (Å²) in [4.78, 5) is 9.63. The van der Waals surface area contributed by atoms with E-state index in [0.29, 0.717) is 12.8 Å². The van der Waals surface area contributed by atoms with E-state index >= 15 is 0 Å². The predicted octanol–water partition coefficient (Wildman–Crippen LogP) is -2.24. The smallest absolute Gasteiger partial charge is 0.742 e. The zero-order valence-electron chi connectivity index (χ0n) is 8.11. The van der Waals surface area contributed by atoms with Crippen molar-refractivity contribution < 1.29 is 47.3 Å². The molecule has 0 fully saturated rings. The van der Waals surface area contributed by atoms with Gasteiger partial charge in [0.1, 0.15) is 0 Å². The molecule has 0 unspecified atom stereocenters. The third kappa shape index (κ3) is 32.3. The van der Waals surface area contributed by atoms with E-state index in [1.165, 1.54) is 0 Å². The Bertz CT molecular complexity index is 213. The van der Waals surface area contributed by atoms with E-state index in [0.717, 1.165) is 0 Å². The van der Waals surface area contributed by atoms with Crippen molar-refractivity contribution in [1.29, 1.82) is 0 Å². The molecule has 0 aliphatic rings. The maximum atomic E-state index is 9.79. The van der Waals surface area contributed by atoms with Crippen LogP contribution in [0.4, 0.5) is 0 Å². The van der Waals surface area contributed by atoms with Crippen molar-refractivity contribution >= 4 is 27.9 Å². The molecule has 7 heteroatoms. The van der Waals surface area contributed by atoms with E-state index in [1.54, 1.807) is 13.8 Å². The standard InChI is InChI=1S/C3H8O3S.C3H6OS.Na/c1-2-3-7(4,5)6;1-2-3(4)5;/h2-3H2,1H3,(H,4,5,6);2H2,1H3,(H,4,5);/q;;+1/p-1. The van der Waals surface area contributed by atoms with E-state index in [2.05, 4.69) is 12.6 Å². The second kappa shape index (κ2) is 10.9. The molecule has 0 saturated heterocycles. The van der Waals surface area contributed by atoms with Crippen LogP contribution >= 0.6 is 0 Å². The van der Waals surface area contributed by atoms with Gasteiger partial charge in [-0.1, -0.05) is 13.8 Å². The summed E-state index contributed by atoms with van der Waals surface area (Å²) in [5.41, 5.74) is 0. The fraction of sp³-hybridized carbons (Fsp3) is 0.833. The molecule has 0 rings (SSSR count). The van der Waals surface area contributed by atoms with Crippen molar-refractivity contribution in [2.24, 2.45) is 0 Å². The summed E-state index contributed by atoms with van der Waals surface area (Å²) >= 11 is 4.14. The predicted molar refractivity (Wildman–Crippen MR) is 49.4 cm³/mol. The summed E-state index contributed by atoms with van der Waals surface area (Å²) in [5.74, 6) is -0.132. The maximum Gasteiger partial charge on any atom is 1.00 e. The zero-order valence-corrected chi connectivity index (χ0v) is 11.7. The van der Waals surface area contributed by atoms with Crippen LogP contribution in [0, 0.1) is 0 Å². The number of rotatable bonds is 3. The number of hydrogen-bond acceptors (Lipinski definition) is 4. The van der Waals surface area contributed by atoms with Crippen LogP contribution < -0.4 is 29.6 Å². The molecule has 13 heavy (non-hydrogen) atoms. The Morgan fingerprint density at radius 1 is 1.38 bits per heavy atom. The van der Waals surface area contributed by atoms with Gasteiger partial charge >= 0.3 is 29.6 Å². The summed E-state index contributed by atoms with van der Waals surface area (Å²) in [7, 11) is -3.67. The summed E-state index contributed by atoms with van der Waals surface area (Å²) < 4.78 is 27.6. The molecule has 0 aromatic heterocycles. The molecular formula is C6H13NaO4S2. The monoisotopic (exact) mass is 236 g/mol. The first kappa shape index (κ1) is 19.4. The third-order valence-corrected chi connectivity index (χ3v) is 1.96. The summed E-state index contributed by atoms with van der Waals surface area (Å²) in [6, 6.07) is 0. The normalized spacial score (nSPS) is 9.15. The minimum absolute atomic E-state index is 0. The summed E-state index contributed by atoms with van der Waals surface area (Å²) in [6.07, 6.45) is 0.953. The van der Waals surface area contributed by atoms with Crippen molar-refractivity contribution in [3.8, 4) is 0 Å². The zero-order chi connectivity index (χ0) is 10.2. The molecule has 0 aromatic rings. The van der Waals surface area contributed by atoms with Crippen LogP contribution in [0.25, 0.3) is 0 Å². The molecule has 0 amide bonds. The Balaban J connectivity index is -0.000000150. The van der Waals surface area contributed by atoms with Gasteiger partial charge < -0.3 is 17.4 Å². The minimum atomic E-state index is -3.67. The average molecular weight is 236 g/mol. The van der Waals surface area contributed by atoms with E-state index in [9.17, 15) is 13.2 Å². The third-order valence-electron chi connectivity index (χ3n) is 0.751. The van der Waals surface area contributed by atoms with Crippen LogP contribution in [-0.4, -0.2) is 23.8 Å². The molecule has 0 bridgehead atoms. The molecular weight excluding hydrogens is 223 g/mol. The second-order valence-electron chi connectivity index (χ2n) is 2.01. The molecule has 0 heterocycles. The fourth-order valence-electron chi connectivity index (χ4n) is 0.258. The molecule has 0 atom stereocenters. The van der Waals surface area contributed by atoms with Gasteiger partial charge in [0.2, 0.25) is 0 Å². The van der Waals surface area contributed by atoms with Crippen LogP contribution in [0.3, 0.4) is 0 Å². The first-order chi connectivity index (χ1) is 5.33. The molecule has 0 aromatic carbocycles. The quantitative estimate of drug-likeness (QED) is 0.341. The molecule has 0 aliphatic heterocycles. The Morgan fingerprint density at radius 2 is 1.69 bits per heavy atom. The van der Waals surface area contributed by atoms with Crippen molar-refractivity contribution in [1.82, 2.24) is 0 Å². The molecule has 0 saturated carbocycles. The Morgan fingerprint density at radius 3 is 1.69 bits per heavy atom. The number of hydrogen-bond donors (Lipinski definition) is 1. The van der Waals surface area contributed by atoms with Gasteiger partial charge in [0, 0.05) is 5.12 Å². The van der Waals surface area contributed by atoms with Gasteiger partial charge in [-0.05, 0) is 12.8 Å². The average Bonchev–Trinajstić information content (AvgIpc) is 1.86. The number of carbonyl (C=O) groups is 1. The molecule has 4 nitrogen and oxygen atoms in total. The van der Waals surface area contributed by atoms with Gasteiger partial charge in [0.25, 0.3) is 10.1 Å². The van der Waals surface area contributed by atoms with Crippen molar-refractivity contribution in [3.63, 3.8) is 0 Å². The topological polar surface area (TPSA) is 71.4 Å². The van der Waals surface area contributed by atoms with E-state index in [4.69, 9.17) is 4.55 Å². The van der Waals surface area contributed by atoms with Gasteiger partial charge in [-0.2, -0.15) is 8.42 Å². The second-order valence-corrected chi connectivity index (χ2v) is 4.04. The first-order valence-electron chi connectivity index (χ1n) is 3.48. The Labute approximate surface area is 107 Å². The van der Waals surface area contributed by atoms with Crippen molar-refractivity contribution in [2.75, 3.05) is 5.75 Å². The van der Waals surface area contributed by atoms with Gasteiger partial charge in [0.05, 0.1) is 5.75 Å². The van der Waals surface area contributed by atoms with Crippen LogP contribution in [0.2, 0.25) is 0 Å². The molecule has 0 aliphatic carbocycles.